The highest BCUT2D eigenvalue weighted by Crippen LogP contribution is 2.38. The van der Waals surface area contributed by atoms with Gasteiger partial charge in [0, 0.05) is 12.6 Å². The average Bonchev–Trinajstić information content (AvgIpc) is 2.46. The molecule has 2 rings (SSSR count). The normalized spacial score (nSPS) is 29.9. The Hall–Kier alpha value is -1.10. The SMILES string of the molecule is CCOCCC(=O)N1C(C(=O)O)CCC2CCCCC21. The first-order valence-corrected chi connectivity index (χ1v) is 7.76. The number of carbonyl (C=O) groups excluding carboxylic acids is 1. The summed E-state index contributed by atoms with van der Waals surface area (Å²) in [5, 5.41) is 9.39. The summed E-state index contributed by atoms with van der Waals surface area (Å²) in [6.07, 6.45) is 6.22. The maximum Gasteiger partial charge on any atom is 0.326 e. The number of hydrogen-bond acceptors (Lipinski definition) is 3. The molecular formula is C15H25NO4. The van der Waals surface area contributed by atoms with Gasteiger partial charge in [-0.1, -0.05) is 12.8 Å². The highest BCUT2D eigenvalue weighted by atomic mass is 16.5. The molecule has 1 saturated carbocycles. The molecule has 1 aliphatic carbocycles. The molecule has 5 nitrogen and oxygen atoms in total. The van der Waals surface area contributed by atoms with Crippen LogP contribution in [0, 0.1) is 5.92 Å². The highest BCUT2D eigenvalue weighted by Gasteiger charge is 2.43. The quantitative estimate of drug-likeness (QED) is 0.784. The number of fused-ring (bicyclic) bond motifs is 1. The maximum absolute atomic E-state index is 12.4. The molecule has 2 fully saturated rings. The first-order valence-electron chi connectivity index (χ1n) is 7.76. The predicted octanol–water partition coefficient (Wildman–Crippen LogP) is 2.05. The zero-order valence-electron chi connectivity index (χ0n) is 12.2. The lowest BCUT2D eigenvalue weighted by Gasteiger charge is -2.47. The third kappa shape index (κ3) is 3.32. The molecule has 0 bridgehead atoms. The van der Waals surface area contributed by atoms with Gasteiger partial charge in [-0.3, -0.25) is 4.79 Å². The van der Waals surface area contributed by atoms with Crippen LogP contribution in [-0.2, 0) is 14.3 Å². The van der Waals surface area contributed by atoms with Crippen LogP contribution in [-0.4, -0.2) is 47.2 Å². The summed E-state index contributed by atoms with van der Waals surface area (Å²) in [7, 11) is 0. The molecule has 3 atom stereocenters. The van der Waals surface area contributed by atoms with E-state index in [4.69, 9.17) is 4.74 Å². The van der Waals surface area contributed by atoms with E-state index in [1.165, 1.54) is 6.42 Å². The van der Waals surface area contributed by atoms with E-state index < -0.39 is 12.0 Å². The first kappa shape index (κ1) is 15.3. The molecule has 0 spiro atoms. The Balaban J connectivity index is 2.08. The molecule has 3 unspecified atom stereocenters. The Kier molecular flexibility index (Phi) is 5.40. The van der Waals surface area contributed by atoms with Gasteiger partial charge in [-0.25, -0.2) is 4.79 Å². The van der Waals surface area contributed by atoms with Crippen molar-refractivity contribution in [1.82, 2.24) is 4.90 Å². The second-order valence-electron chi connectivity index (χ2n) is 5.79. The molecule has 114 valence electrons. The van der Waals surface area contributed by atoms with E-state index >= 15 is 0 Å². The number of amides is 1. The van der Waals surface area contributed by atoms with E-state index in [0.717, 1.165) is 25.7 Å². The average molecular weight is 283 g/mol. The van der Waals surface area contributed by atoms with Gasteiger partial charge in [0.1, 0.15) is 6.04 Å². The van der Waals surface area contributed by atoms with Crippen LogP contribution in [0.15, 0.2) is 0 Å². The smallest absolute Gasteiger partial charge is 0.326 e. The minimum atomic E-state index is -0.862. The summed E-state index contributed by atoms with van der Waals surface area (Å²) >= 11 is 0. The Bertz CT molecular complexity index is 358. The summed E-state index contributed by atoms with van der Waals surface area (Å²) in [6.45, 7) is 2.86. The Morgan fingerprint density at radius 3 is 2.65 bits per heavy atom. The number of aliphatic carboxylic acids is 1. The Labute approximate surface area is 120 Å². The van der Waals surface area contributed by atoms with Gasteiger partial charge in [0.25, 0.3) is 0 Å². The molecule has 2 aliphatic rings. The van der Waals surface area contributed by atoms with Crippen LogP contribution in [0.25, 0.3) is 0 Å². The zero-order valence-corrected chi connectivity index (χ0v) is 12.2. The molecule has 1 amide bonds. The summed E-state index contributed by atoms with van der Waals surface area (Å²) in [6, 6.07) is -0.504. The van der Waals surface area contributed by atoms with E-state index in [2.05, 4.69) is 0 Å². The number of rotatable bonds is 5. The minimum Gasteiger partial charge on any atom is -0.480 e. The largest absolute Gasteiger partial charge is 0.480 e. The van der Waals surface area contributed by atoms with Gasteiger partial charge in [0.15, 0.2) is 0 Å². The molecule has 0 aromatic carbocycles. The fraction of sp³-hybridized carbons (Fsp3) is 0.867. The van der Waals surface area contributed by atoms with Crippen molar-refractivity contribution in [2.45, 2.75) is 64.0 Å². The van der Waals surface area contributed by atoms with Crippen LogP contribution in [0.1, 0.15) is 51.9 Å². The molecule has 1 heterocycles. The van der Waals surface area contributed by atoms with Crippen molar-refractivity contribution in [2.75, 3.05) is 13.2 Å². The molecule has 1 aliphatic heterocycles. The van der Waals surface area contributed by atoms with Gasteiger partial charge in [-0.15, -0.1) is 0 Å². The van der Waals surface area contributed by atoms with Crippen molar-refractivity contribution < 1.29 is 19.4 Å². The summed E-state index contributed by atoms with van der Waals surface area (Å²) in [4.78, 5) is 25.5. The first-order chi connectivity index (χ1) is 9.65. The zero-order chi connectivity index (χ0) is 14.5. The van der Waals surface area contributed by atoms with Crippen LogP contribution in [0.3, 0.4) is 0 Å². The maximum atomic E-state index is 12.4. The number of hydrogen-bond donors (Lipinski definition) is 1. The number of nitrogens with zero attached hydrogens (tertiary/aromatic N) is 1. The van der Waals surface area contributed by atoms with E-state index in [1.807, 2.05) is 6.92 Å². The fourth-order valence-corrected chi connectivity index (χ4v) is 3.67. The molecular weight excluding hydrogens is 258 g/mol. The number of carbonyl (C=O) groups is 2. The Morgan fingerprint density at radius 1 is 1.20 bits per heavy atom. The van der Waals surface area contributed by atoms with E-state index in [-0.39, 0.29) is 11.9 Å². The van der Waals surface area contributed by atoms with E-state index in [9.17, 15) is 14.7 Å². The molecule has 0 aromatic rings. The predicted molar refractivity (Wildman–Crippen MR) is 74.4 cm³/mol. The number of carboxylic acid groups (broad SMARTS) is 1. The molecule has 20 heavy (non-hydrogen) atoms. The van der Waals surface area contributed by atoms with Crippen LogP contribution < -0.4 is 0 Å². The second kappa shape index (κ2) is 7.07. The Morgan fingerprint density at radius 2 is 1.95 bits per heavy atom. The summed E-state index contributed by atoms with van der Waals surface area (Å²) < 4.78 is 5.23. The van der Waals surface area contributed by atoms with Crippen molar-refractivity contribution in [3.05, 3.63) is 0 Å². The lowest BCUT2D eigenvalue weighted by atomic mass is 9.76. The molecule has 1 N–H and O–H groups in total. The summed E-state index contributed by atoms with van der Waals surface area (Å²) in [5.74, 6) is -0.420. The standard InChI is InChI=1S/C15H25NO4/c1-2-20-10-9-14(17)16-12-6-4-3-5-11(12)7-8-13(16)15(18)19/h11-13H,2-10H2,1H3,(H,18,19). The minimum absolute atomic E-state index is 0.0533. The van der Waals surface area contributed by atoms with Crippen molar-refractivity contribution in [3.63, 3.8) is 0 Å². The van der Waals surface area contributed by atoms with Crippen LogP contribution >= 0.6 is 0 Å². The van der Waals surface area contributed by atoms with Gasteiger partial charge in [0.2, 0.25) is 5.91 Å². The van der Waals surface area contributed by atoms with Gasteiger partial charge in [0.05, 0.1) is 13.0 Å². The van der Waals surface area contributed by atoms with Crippen LogP contribution in [0.4, 0.5) is 0 Å². The highest BCUT2D eigenvalue weighted by molar-refractivity contribution is 5.84. The van der Waals surface area contributed by atoms with Crippen molar-refractivity contribution in [2.24, 2.45) is 5.92 Å². The number of carboxylic acids is 1. The van der Waals surface area contributed by atoms with Crippen LogP contribution in [0.5, 0.6) is 0 Å². The third-order valence-electron chi connectivity index (χ3n) is 4.61. The molecule has 5 heteroatoms. The molecule has 0 radical (unpaired) electrons. The summed E-state index contributed by atoms with van der Waals surface area (Å²) in [5.41, 5.74) is 0. The van der Waals surface area contributed by atoms with Crippen molar-refractivity contribution in [1.29, 1.82) is 0 Å². The molecule has 1 saturated heterocycles. The van der Waals surface area contributed by atoms with Crippen LogP contribution in [0.2, 0.25) is 0 Å². The third-order valence-corrected chi connectivity index (χ3v) is 4.61. The second-order valence-corrected chi connectivity index (χ2v) is 5.79. The van der Waals surface area contributed by atoms with Crippen molar-refractivity contribution in [3.8, 4) is 0 Å². The lowest BCUT2D eigenvalue weighted by molar-refractivity contribution is -0.158. The number of ether oxygens (including phenoxy) is 1. The number of piperidine rings is 1. The van der Waals surface area contributed by atoms with Gasteiger partial charge < -0.3 is 14.7 Å². The fourth-order valence-electron chi connectivity index (χ4n) is 3.67. The van der Waals surface area contributed by atoms with Crippen molar-refractivity contribution >= 4 is 11.9 Å². The van der Waals surface area contributed by atoms with E-state index in [1.54, 1.807) is 4.90 Å². The van der Waals surface area contributed by atoms with Gasteiger partial charge in [-0.05, 0) is 38.5 Å². The van der Waals surface area contributed by atoms with Gasteiger partial charge in [-0.2, -0.15) is 0 Å². The lowest BCUT2D eigenvalue weighted by Crippen LogP contribution is -2.57. The topological polar surface area (TPSA) is 66.8 Å². The number of likely N-dealkylation sites (tertiary alicyclic amines) is 1. The van der Waals surface area contributed by atoms with Gasteiger partial charge >= 0.3 is 5.97 Å². The van der Waals surface area contributed by atoms with E-state index in [0.29, 0.717) is 32.0 Å². The molecule has 0 aromatic heterocycles. The monoisotopic (exact) mass is 283 g/mol.